The first-order valence-electron chi connectivity index (χ1n) is 7.47. The molecule has 0 spiro atoms. The molecule has 5 nitrogen and oxygen atoms in total. The second-order valence-corrected chi connectivity index (χ2v) is 6.21. The third-order valence-electron chi connectivity index (χ3n) is 3.93. The Morgan fingerprint density at radius 3 is 3.19 bits per heavy atom. The number of nitrogens with zero attached hydrogens (tertiary/aromatic N) is 3. The SMILES string of the molecule is CCc1nnc2n1CC(NC(=O)CCc1ccsc1)CC2. The molecule has 3 rings (SSSR count). The van der Waals surface area contributed by atoms with E-state index in [1.807, 2.05) is 5.38 Å². The predicted molar refractivity (Wildman–Crippen MR) is 82.3 cm³/mol. The van der Waals surface area contributed by atoms with Crippen molar-refractivity contribution in [3.8, 4) is 0 Å². The molecule has 0 aromatic carbocycles. The van der Waals surface area contributed by atoms with Crippen LogP contribution in [0, 0.1) is 0 Å². The minimum atomic E-state index is 0.140. The summed E-state index contributed by atoms with van der Waals surface area (Å²) >= 11 is 1.68. The standard InChI is InChI=1S/C15H20N4OS/c1-2-13-17-18-14-5-4-12(9-19(13)14)16-15(20)6-3-11-7-8-21-10-11/h7-8,10,12H,2-6,9H2,1H3,(H,16,20). The van der Waals surface area contributed by atoms with Gasteiger partial charge in [0.15, 0.2) is 0 Å². The van der Waals surface area contributed by atoms with E-state index in [-0.39, 0.29) is 11.9 Å². The van der Waals surface area contributed by atoms with Gasteiger partial charge in [-0.2, -0.15) is 11.3 Å². The Hall–Kier alpha value is -1.69. The Morgan fingerprint density at radius 2 is 2.43 bits per heavy atom. The number of thiophene rings is 1. The first-order valence-corrected chi connectivity index (χ1v) is 8.42. The minimum Gasteiger partial charge on any atom is -0.352 e. The van der Waals surface area contributed by atoms with E-state index in [1.165, 1.54) is 5.56 Å². The number of amides is 1. The van der Waals surface area contributed by atoms with Crippen LogP contribution in [-0.4, -0.2) is 26.7 Å². The lowest BCUT2D eigenvalue weighted by molar-refractivity contribution is -0.122. The van der Waals surface area contributed by atoms with E-state index >= 15 is 0 Å². The molecule has 0 aliphatic carbocycles. The van der Waals surface area contributed by atoms with Gasteiger partial charge in [0, 0.05) is 31.8 Å². The topological polar surface area (TPSA) is 59.8 Å². The molecule has 112 valence electrons. The van der Waals surface area contributed by atoms with Gasteiger partial charge in [0.05, 0.1) is 0 Å². The molecule has 6 heteroatoms. The molecule has 1 atom stereocenters. The highest BCUT2D eigenvalue weighted by atomic mass is 32.1. The molecule has 1 unspecified atom stereocenters. The number of nitrogens with one attached hydrogen (secondary N) is 1. The van der Waals surface area contributed by atoms with Crippen LogP contribution in [0.2, 0.25) is 0 Å². The number of fused-ring (bicyclic) bond motifs is 1. The van der Waals surface area contributed by atoms with Crippen molar-refractivity contribution in [2.24, 2.45) is 0 Å². The van der Waals surface area contributed by atoms with Crippen molar-refractivity contribution in [2.75, 3.05) is 0 Å². The number of hydrogen-bond acceptors (Lipinski definition) is 4. The van der Waals surface area contributed by atoms with Gasteiger partial charge in [0.1, 0.15) is 11.6 Å². The number of rotatable bonds is 5. The van der Waals surface area contributed by atoms with Crippen LogP contribution in [0.25, 0.3) is 0 Å². The van der Waals surface area contributed by atoms with E-state index in [0.717, 1.165) is 43.9 Å². The zero-order chi connectivity index (χ0) is 14.7. The van der Waals surface area contributed by atoms with Gasteiger partial charge in [0.2, 0.25) is 5.91 Å². The molecule has 3 heterocycles. The van der Waals surface area contributed by atoms with E-state index in [0.29, 0.717) is 6.42 Å². The van der Waals surface area contributed by atoms with E-state index in [4.69, 9.17) is 0 Å². The van der Waals surface area contributed by atoms with Crippen LogP contribution in [0.15, 0.2) is 16.8 Å². The Morgan fingerprint density at radius 1 is 1.52 bits per heavy atom. The Kier molecular flexibility index (Phi) is 4.34. The normalized spacial score (nSPS) is 17.5. The first-order chi connectivity index (χ1) is 10.3. The largest absolute Gasteiger partial charge is 0.352 e. The van der Waals surface area contributed by atoms with E-state index < -0.39 is 0 Å². The van der Waals surface area contributed by atoms with E-state index in [1.54, 1.807) is 11.3 Å². The van der Waals surface area contributed by atoms with Crippen molar-refractivity contribution < 1.29 is 4.79 Å². The fourth-order valence-corrected chi connectivity index (χ4v) is 3.46. The summed E-state index contributed by atoms with van der Waals surface area (Å²) in [4.78, 5) is 12.1. The summed E-state index contributed by atoms with van der Waals surface area (Å²) in [5.41, 5.74) is 1.24. The quantitative estimate of drug-likeness (QED) is 0.918. The van der Waals surface area contributed by atoms with Crippen molar-refractivity contribution in [2.45, 2.75) is 51.6 Å². The molecule has 0 fully saturated rings. The highest BCUT2D eigenvalue weighted by molar-refractivity contribution is 7.07. The van der Waals surface area contributed by atoms with Crippen molar-refractivity contribution in [1.29, 1.82) is 0 Å². The maximum atomic E-state index is 12.1. The summed E-state index contributed by atoms with van der Waals surface area (Å²) in [5, 5.41) is 15.7. The zero-order valence-electron chi connectivity index (χ0n) is 12.2. The smallest absolute Gasteiger partial charge is 0.220 e. The van der Waals surface area contributed by atoms with Crippen LogP contribution in [0.4, 0.5) is 0 Å². The van der Waals surface area contributed by atoms with Gasteiger partial charge in [-0.3, -0.25) is 4.79 Å². The average Bonchev–Trinajstić information content (AvgIpc) is 3.14. The van der Waals surface area contributed by atoms with Crippen molar-refractivity contribution >= 4 is 17.2 Å². The molecule has 1 amide bonds. The number of hydrogen-bond donors (Lipinski definition) is 1. The number of aryl methyl sites for hydroxylation is 3. The molecular weight excluding hydrogens is 284 g/mol. The van der Waals surface area contributed by atoms with E-state index in [2.05, 4.69) is 38.5 Å². The molecule has 21 heavy (non-hydrogen) atoms. The van der Waals surface area contributed by atoms with Crippen LogP contribution in [0.3, 0.4) is 0 Å². The summed E-state index contributed by atoms with van der Waals surface area (Å²) in [6.07, 6.45) is 4.10. The minimum absolute atomic E-state index is 0.140. The summed E-state index contributed by atoms with van der Waals surface area (Å²) in [6, 6.07) is 2.28. The zero-order valence-corrected chi connectivity index (χ0v) is 13.0. The lowest BCUT2D eigenvalue weighted by atomic mass is 10.1. The Balaban J connectivity index is 1.53. The van der Waals surface area contributed by atoms with Crippen molar-refractivity contribution in [1.82, 2.24) is 20.1 Å². The van der Waals surface area contributed by atoms with Gasteiger partial charge in [-0.25, -0.2) is 0 Å². The van der Waals surface area contributed by atoms with Crippen molar-refractivity contribution in [3.63, 3.8) is 0 Å². The maximum absolute atomic E-state index is 12.1. The molecule has 1 aliphatic rings. The van der Waals surface area contributed by atoms with Gasteiger partial charge < -0.3 is 9.88 Å². The maximum Gasteiger partial charge on any atom is 0.220 e. The van der Waals surface area contributed by atoms with Crippen LogP contribution < -0.4 is 5.32 Å². The Bertz CT molecular complexity index is 592. The van der Waals surface area contributed by atoms with Crippen LogP contribution in [-0.2, 0) is 30.6 Å². The summed E-state index contributed by atoms with van der Waals surface area (Å²) in [5.74, 6) is 2.21. The third-order valence-corrected chi connectivity index (χ3v) is 4.66. The summed E-state index contributed by atoms with van der Waals surface area (Å²) < 4.78 is 2.16. The van der Waals surface area contributed by atoms with Crippen LogP contribution in [0.1, 0.15) is 37.0 Å². The Labute approximate surface area is 128 Å². The second kappa shape index (κ2) is 6.39. The molecule has 0 bridgehead atoms. The van der Waals surface area contributed by atoms with E-state index in [9.17, 15) is 4.79 Å². The number of carbonyl (C=O) groups is 1. The van der Waals surface area contributed by atoms with Gasteiger partial charge in [-0.05, 0) is 35.2 Å². The molecular formula is C15H20N4OS. The first kappa shape index (κ1) is 14.3. The van der Waals surface area contributed by atoms with Crippen LogP contribution in [0.5, 0.6) is 0 Å². The third kappa shape index (κ3) is 3.32. The molecule has 1 aliphatic heterocycles. The average molecular weight is 304 g/mol. The molecule has 2 aromatic rings. The number of carbonyl (C=O) groups excluding carboxylic acids is 1. The monoisotopic (exact) mass is 304 g/mol. The molecule has 0 radical (unpaired) electrons. The highest BCUT2D eigenvalue weighted by Crippen LogP contribution is 2.16. The second-order valence-electron chi connectivity index (χ2n) is 5.43. The van der Waals surface area contributed by atoms with Crippen molar-refractivity contribution in [3.05, 3.63) is 34.0 Å². The summed E-state index contributed by atoms with van der Waals surface area (Å²) in [6.45, 7) is 2.88. The number of aromatic nitrogens is 3. The predicted octanol–water partition coefficient (Wildman–Crippen LogP) is 1.97. The van der Waals surface area contributed by atoms with Gasteiger partial charge in [-0.15, -0.1) is 10.2 Å². The fourth-order valence-electron chi connectivity index (χ4n) is 2.76. The van der Waals surface area contributed by atoms with Gasteiger partial charge >= 0.3 is 0 Å². The lowest BCUT2D eigenvalue weighted by Gasteiger charge is -2.25. The summed E-state index contributed by atoms with van der Waals surface area (Å²) in [7, 11) is 0. The molecule has 2 aromatic heterocycles. The van der Waals surface area contributed by atoms with Gasteiger partial charge in [-0.1, -0.05) is 6.92 Å². The molecule has 0 saturated heterocycles. The highest BCUT2D eigenvalue weighted by Gasteiger charge is 2.23. The van der Waals surface area contributed by atoms with Gasteiger partial charge in [0.25, 0.3) is 0 Å². The molecule has 0 saturated carbocycles. The van der Waals surface area contributed by atoms with Crippen LogP contribution >= 0.6 is 11.3 Å². The fraction of sp³-hybridized carbons (Fsp3) is 0.533. The molecule has 1 N–H and O–H groups in total. The lowest BCUT2D eigenvalue weighted by Crippen LogP contribution is -2.41.